The third kappa shape index (κ3) is 5.93. The molecule has 1 N–H and O–H groups in total. The minimum absolute atomic E-state index is 0.157. The topological polar surface area (TPSA) is 44.8 Å². The zero-order valence-electron chi connectivity index (χ0n) is 17.2. The number of nitrogens with zero attached hydrogens (tertiary/aromatic N) is 2. The smallest absolute Gasteiger partial charge is 0.219 e. The summed E-state index contributed by atoms with van der Waals surface area (Å²) in [5.74, 6) is 0.157. The number of ether oxygens (including phenoxy) is 1. The number of anilines is 1. The molecule has 5 nitrogen and oxygen atoms in total. The fraction of sp³-hybridized carbons (Fsp3) is 0.591. The number of thiophene rings is 1. The van der Waals surface area contributed by atoms with Crippen LogP contribution >= 0.6 is 11.3 Å². The predicted octanol–water partition coefficient (Wildman–Crippen LogP) is 3.87. The third-order valence-electron chi connectivity index (χ3n) is 5.24. The molecule has 1 aliphatic heterocycles. The molecule has 0 spiro atoms. The summed E-state index contributed by atoms with van der Waals surface area (Å²) in [6.07, 6.45) is 3.61. The van der Waals surface area contributed by atoms with Crippen molar-refractivity contribution in [2.24, 2.45) is 0 Å². The average molecular weight is 404 g/mol. The number of piperazine rings is 1. The van der Waals surface area contributed by atoms with Crippen LogP contribution in [0.15, 0.2) is 24.3 Å². The summed E-state index contributed by atoms with van der Waals surface area (Å²) in [7, 11) is 2.19. The Morgan fingerprint density at radius 1 is 1.18 bits per heavy atom. The number of carbonyl (C=O) groups excluding carboxylic acids is 1. The Labute approximate surface area is 172 Å². The maximum atomic E-state index is 11.4. The van der Waals surface area contributed by atoms with Gasteiger partial charge in [0.1, 0.15) is 0 Å². The van der Waals surface area contributed by atoms with Crippen LogP contribution < -0.4 is 10.2 Å². The van der Waals surface area contributed by atoms with E-state index in [9.17, 15) is 4.79 Å². The molecule has 0 radical (unpaired) electrons. The molecule has 0 unspecified atom stereocenters. The number of carbonyl (C=O) groups is 1. The lowest BCUT2D eigenvalue weighted by atomic mass is 10.1. The largest absolute Gasteiger partial charge is 0.376 e. The van der Waals surface area contributed by atoms with Gasteiger partial charge in [0.15, 0.2) is 0 Å². The van der Waals surface area contributed by atoms with Gasteiger partial charge >= 0.3 is 0 Å². The van der Waals surface area contributed by atoms with Crippen LogP contribution in [0.25, 0.3) is 10.1 Å². The van der Waals surface area contributed by atoms with Crippen LogP contribution in [0.3, 0.4) is 0 Å². The van der Waals surface area contributed by atoms with Crippen molar-refractivity contribution in [1.29, 1.82) is 0 Å². The zero-order valence-corrected chi connectivity index (χ0v) is 18.0. The van der Waals surface area contributed by atoms with Crippen LogP contribution in [0.5, 0.6) is 0 Å². The third-order valence-corrected chi connectivity index (χ3v) is 6.32. The maximum absolute atomic E-state index is 11.4. The van der Waals surface area contributed by atoms with Crippen LogP contribution in [0.2, 0.25) is 0 Å². The van der Waals surface area contributed by atoms with Gasteiger partial charge in [0, 0.05) is 66.4 Å². The molecule has 0 atom stereocenters. The van der Waals surface area contributed by atoms with Gasteiger partial charge in [-0.05, 0) is 45.0 Å². The molecule has 3 rings (SSSR count). The van der Waals surface area contributed by atoms with E-state index in [2.05, 4.69) is 46.4 Å². The van der Waals surface area contributed by atoms with Crippen molar-refractivity contribution >= 4 is 33.0 Å². The number of likely N-dealkylation sites (N-methyl/N-ethyl adjacent to an activating group) is 1. The van der Waals surface area contributed by atoms with Gasteiger partial charge < -0.3 is 19.9 Å². The first kappa shape index (κ1) is 21.1. The van der Waals surface area contributed by atoms with Crippen molar-refractivity contribution in [3.8, 4) is 0 Å². The lowest BCUT2D eigenvalue weighted by Gasteiger charge is -2.34. The highest BCUT2D eigenvalue weighted by atomic mass is 32.1. The van der Waals surface area contributed by atoms with Gasteiger partial charge in [0.05, 0.1) is 6.61 Å². The summed E-state index contributed by atoms with van der Waals surface area (Å²) in [4.78, 5) is 17.6. The Bertz CT molecular complexity index is 753. The number of benzene rings is 1. The highest BCUT2D eigenvalue weighted by Gasteiger charge is 2.17. The number of unbranched alkanes of at least 4 members (excludes halogenated alkanes) is 2. The predicted molar refractivity (Wildman–Crippen MR) is 118 cm³/mol. The van der Waals surface area contributed by atoms with Crippen LogP contribution in [0, 0.1) is 0 Å². The van der Waals surface area contributed by atoms with Crippen LogP contribution in [0.1, 0.15) is 37.5 Å². The van der Waals surface area contributed by atoms with Crippen LogP contribution in [-0.2, 0) is 16.1 Å². The number of amides is 1. The Hall–Kier alpha value is -1.63. The van der Waals surface area contributed by atoms with Gasteiger partial charge in [0.25, 0.3) is 0 Å². The molecule has 1 aromatic carbocycles. The summed E-state index contributed by atoms with van der Waals surface area (Å²) < 4.78 is 7.24. The molecular formula is C22H33N3O2S. The maximum Gasteiger partial charge on any atom is 0.219 e. The molecule has 2 heterocycles. The van der Waals surface area contributed by atoms with Gasteiger partial charge in [-0.2, -0.15) is 0 Å². The second-order valence-corrected chi connectivity index (χ2v) is 8.68. The fourth-order valence-corrected chi connectivity index (χ4v) is 4.64. The van der Waals surface area contributed by atoms with E-state index in [0.29, 0.717) is 19.6 Å². The zero-order chi connectivity index (χ0) is 19.8. The fourth-order valence-electron chi connectivity index (χ4n) is 3.62. The number of rotatable bonds is 10. The molecule has 6 heteroatoms. The second kappa shape index (κ2) is 10.8. The summed E-state index contributed by atoms with van der Waals surface area (Å²) >= 11 is 1.84. The molecule has 0 aliphatic carbocycles. The molecule has 1 fully saturated rings. The highest BCUT2D eigenvalue weighted by molar-refractivity contribution is 7.19. The summed E-state index contributed by atoms with van der Waals surface area (Å²) in [5, 5.41) is 4.20. The van der Waals surface area contributed by atoms with Gasteiger partial charge in [-0.3, -0.25) is 4.79 Å². The molecule has 2 aromatic rings. The molecular weight excluding hydrogens is 370 g/mol. The number of hydrogen-bond donors (Lipinski definition) is 1. The number of fused-ring (bicyclic) bond motifs is 1. The molecule has 28 heavy (non-hydrogen) atoms. The minimum Gasteiger partial charge on any atom is -0.376 e. The second-order valence-electron chi connectivity index (χ2n) is 7.51. The van der Waals surface area contributed by atoms with E-state index in [-0.39, 0.29) is 5.91 Å². The molecule has 154 valence electrons. The molecule has 0 saturated carbocycles. The Morgan fingerprint density at radius 3 is 2.79 bits per heavy atom. The Balaban J connectivity index is 1.45. The lowest BCUT2D eigenvalue weighted by Crippen LogP contribution is -2.44. The van der Waals surface area contributed by atoms with E-state index < -0.39 is 0 Å². The first-order valence-electron chi connectivity index (χ1n) is 10.5. The van der Waals surface area contributed by atoms with Crippen molar-refractivity contribution in [3.63, 3.8) is 0 Å². The molecule has 1 saturated heterocycles. The standard InChI is InChI=1S/C22H33N3O2S/c1-3-23-22(26)10-5-4-6-15-27-17-18-16-19-20(8-7-9-21(19)28-18)25-13-11-24(2)12-14-25/h7-9,16H,3-6,10-15,17H2,1-2H3,(H,23,26). The van der Waals surface area contributed by atoms with Gasteiger partial charge in [-0.1, -0.05) is 12.5 Å². The van der Waals surface area contributed by atoms with E-state index in [1.165, 1.54) is 20.7 Å². The molecule has 1 aromatic heterocycles. The first-order chi connectivity index (χ1) is 13.7. The van der Waals surface area contributed by atoms with Crippen molar-refractivity contribution in [2.75, 3.05) is 51.3 Å². The average Bonchev–Trinajstić information content (AvgIpc) is 3.11. The van der Waals surface area contributed by atoms with E-state index in [0.717, 1.165) is 52.0 Å². The summed E-state index contributed by atoms with van der Waals surface area (Å²) in [6, 6.07) is 8.94. The SMILES string of the molecule is CCNC(=O)CCCCCOCc1cc2c(N3CCN(C)CC3)cccc2s1. The van der Waals surface area contributed by atoms with Gasteiger partial charge in [-0.25, -0.2) is 0 Å². The Kier molecular flexibility index (Phi) is 8.13. The first-order valence-corrected chi connectivity index (χ1v) is 11.3. The minimum atomic E-state index is 0.157. The quantitative estimate of drug-likeness (QED) is 0.612. The molecule has 1 amide bonds. The van der Waals surface area contributed by atoms with E-state index >= 15 is 0 Å². The monoisotopic (exact) mass is 403 g/mol. The van der Waals surface area contributed by atoms with E-state index in [1.807, 2.05) is 18.3 Å². The van der Waals surface area contributed by atoms with Crippen molar-refractivity contribution in [2.45, 2.75) is 39.2 Å². The lowest BCUT2D eigenvalue weighted by molar-refractivity contribution is -0.121. The van der Waals surface area contributed by atoms with Crippen molar-refractivity contribution in [1.82, 2.24) is 10.2 Å². The summed E-state index contributed by atoms with van der Waals surface area (Å²) in [5.41, 5.74) is 1.36. The van der Waals surface area contributed by atoms with Gasteiger partial charge in [-0.15, -0.1) is 11.3 Å². The van der Waals surface area contributed by atoms with Crippen LogP contribution in [0.4, 0.5) is 5.69 Å². The number of nitrogens with one attached hydrogen (secondary N) is 1. The van der Waals surface area contributed by atoms with E-state index in [1.54, 1.807) is 0 Å². The van der Waals surface area contributed by atoms with Crippen LogP contribution in [-0.4, -0.2) is 57.2 Å². The van der Waals surface area contributed by atoms with Crippen molar-refractivity contribution < 1.29 is 9.53 Å². The number of hydrogen-bond acceptors (Lipinski definition) is 5. The highest BCUT2D eigenvalue weighted by Crippen LogP contribution is 2.34. The normalized spacial score (nSPS) is 15.3. The molecule has 0 bridgehead atoms. The van der Waals surface area contributed by atoms with Gasteiger partial charge in [0.2, 0.25) is 5.91 Å². The Morgan fingerprint density at radius 2 is 2.00 bits per heavy atom. The summed E-state index contributed by atoms with van der Waals surface area (Å²) in [6.45, 7) is 8.53. The van der Waals surface area contributed by atoms with E-state index in [4.69, 9.17) is 4.74 Å². The van der Waals surface area contributed by atoms with Crippen molar-refractivity contribution in [3.05, 3.63) is 29.1 Å². The molecule has 1 aliphatic rings.